The molecule has 0 spiro atoms. The third-order valence-corrected chi connectivity index (χ3v) is 9.45. The molecule has 7 nitrogen and oxygen atoms in total. The molecule has 0 bridgehead atoms. The number of nitrogens with two attached hydrogens (primary N) is 1. The van der Waals surface area contributed by atoms with E-state index in [1.807, 2.05) is 6.92 Å². The summed E-state index contributed by atoms with van der Waals surface area (Å²) >= 11 is 1.50. The molecule has 34 heavy (non-hydrogen) atoms. The van der Waals surface area contributed by atoms with Gasteiger partial charge in [0.25, 0.3) is 0 Å². The molecule has 2 fully saturated rings. The van der Waals surface area contributed by atoms with Gasteiger partial charge in [-0.3, -0.25) is 4.79 Å². The average molecular weight is 483 g/mol. The SMILES string of the molecule is CO/N=C1\CC(CCC(=O)Nc2ncc(C)s2)C2C3CCc4c(ccc(O)c4N)C3CCC12C. The van der Waals surface area contributed by atoms with Crippen molar-refractivity contribution >= 4 is 33.8 Å². The third-order valence-electron chi connectivity index (χ3n) is 8.62. The molecule has 8 heteroatoms. The minimum absolute atomic E-state index is 0.00922. The van der Waals surface area contributed by atoms with Gasteiger partial charge in [0, 0.05) is 22.9 Å². The van der Waals surface area contributed by atoms with E-state index in [-0.39, 0.29) is 17.1 Å². The number of phenolic OH excluding ortho intramolecular Hbond substituents is 1. The van der Waals surface area contributed by atoms with Gasteiger partial charge in [0.1, 0.15) is 12.9 Å². The zero-order valence-corrected chi connectivity index (χ0v) is 21.0. The number of aryl methyl sites for hydroxylation is 1. The highest BCUT2D eigenvalue weighted by Gasteiger charge is 2.57. The summed E-state index contributed by atoms with van der Waals surface area (Å²) in [4.78, 5) is 23.3. The van der Waals surface area contributed by atoms with E-state index < -0.39 is 0 Å². The van der Waals surface area contributed by atoms with Crippen molar-refractivity contribution in [1.29, 1.82) is 0 Å². The van der Waals surface area contributed by atoms with Gasteiger partial charge in [0.05, 0.1) is 11.4 Å². The van der Waals surface area contributed by atoms with Gasteiger partial charge in [-0.25, -0.2) is 4.98 Å². The number of carbonyl (C=O) groups excluding carboxylic acids is 1. The largest absolute Gasteiger partial charge is 0.506 e. The van der Waals surface area contributed by atoms with Gasteiger partial charge >= 0.3 is 0 Å². The first-order valence-corrected chi connectivity index (χ1v) is 13.1. The molecule has 3 aliphatic rings. The number of aromatic nitrogens is 1. The van der Waals surface area contributed by atoms with Crippen molar-refractivity contribution in [3.8, 4) is 5.75 Å². The maximum absolute atomic E-state index is 12.7. The van der Waals surface area contributed by atoms with Crippen molar-refractivity contribution in [3.63, 3.8) is 0 Å². The van der Waals surface area contributed by atoms with Crippen LogP contribution in [0.25, 0.3) is 0 Å². The van der Waals surface area contributed by atoms with Gasteiger partial charge in [0.15, 0.2) is 5.13 Å². The number of thiazole rings is 1. The van der Waals surface area contributed by atoms with Gasteiger partial charge in [-0.05, 0) is 86.3 Å². The van der Waals surface area contributed by atoms with Crippen LogP contribution < -0.4 is 11.1 Å². The minimum Gasteiger partial charge on any atom is -0.506 e. The first-order valence-electron chi connectivity index (χ1n) is 12.2. The number of amides is 1. The van der Waals surface area contributed by atoms with E-state index in [0.29, 0.717) is 40.9 Å². The number of nitrogens with zero attached hydrogens (tertiary/aromatic N) is 2. The Morgan fingerprint density at radius 2 is 2.24 bits per heavy atom. The number of phenols is 1. The summed E-state index contributed by atoms with van der Waals surface area (Å²) in [5.74, 6) is 1.98. The number of nitrogen functional groups attached to an aromatic ring is 1. The summed E-state index contributed by atoms with van der Waals surface area (Å²) in [6.07, 6.45) is 8.02. The Bertz CT molecular complexity index is 1130. The molecule has 4 N–H and O–H groups in total. The van der Waals surface area contributed by atoms with E-state index in [1.54, 1.807) is 19.4 Å². The Hall–Kier alpha value is -2.61. The molecule has 1 amide bonds. The summed E-state index contributed by atoms with van der Waals surface area (Å²) < 4.78 is 0. The summed E-state index contributed by atoms with van der Waals surface area (Å²) in [7, 11) is 1.62. The number of anilines is 2. The van der Waals surface area contributed by atoms with E-state index in [1.165, 1.54) is 16.9 Å². The smallest absolute Gasteiger partial charge is 0.226 e. The van der Waals surface area contributed by atoms with E-state index >= 15 is 0 Å². The number of carbonyl (C=O) groups is 1. The number of hydrogen-bond acceptors (Lipinski definition) is 7. The second-order valence-electron chi connectivity index (χ2n) is 10.4. The monoisotopic (exact) mass is 482 g/mol. The Kier molecular flexibility index (Phi) is 6.04. The molecule has 5 atom stereocenters. The molecule has 2 aromatic rings. The molecule has 2 saturated carbocycles. The third kappa shape index (κ3) is 3.85. The Morgan fingerprint density at radius 1 is 1.41 bits per heavy atom. The fourth-order valence-corrected chi connectivity index (χ4v) is 7.87. The van der Waals surface area contributed by atoms with E-state index in [2.05, 4.69) is 28.4 Å². The fourth-order valence-electron chi connectivity index (χ4n) is 7.19. The van der Waals surface area contributed by atoms with Crippen molar-refractivity contribution in [2.75, 3.05) is 18.2 Å². The highest BCUT2D eigenvalue weighted by Crippen LogP contribution is 2.63. The van der Waals surface area contributed by atoms with Crippen LogP contribution in [0.3, 0.4) is 0 Å². The molecule has 0 radical (unpaired) electrons. The Balaban J connectivity index is 1.39. The van der Waals surface area contributed by atoms with Gasteiger partial charge in [-0.1, -0.05) is 18.1 Å². The van der Waals surface area contributed by atoms with E-state index in [9.17, 15) is 9.90 Å². The van der Waals surface area contributed by atoms with Crippen molar-refractivity contribution in [2.45, 2.75) is 64.7 Å². The lowest BCUT2D eigenvalue weighted by molar-refractivity contribution is -0.116. The molecule has 5 rings (SSSR count). The van der Waals surface area contributed by atoms with Crippen molar-refractivity contribution in [3.05, 3.63) is 34.3 Å². The van der Waals surface area contributed by atoms with Crippen molar-refractivity contribution < 1.29 is 14.7 Å². The lowest BCUT2D eigenvalue weighted by Crippen LogP contribution is -2.44. The number of hydrogen-bond donors (Lipinski definition) is 3. The normalized spacial score (nSPS) is 31.0. The molecule has 0 aliphatic heterocycles. The predicted octanol–water partition coefficient (Wildman–Crippen LogP) is 5.24. The van der Waals surface area contributed by atoms with Crippen LogP contribution in [0.5, 0.6) is 5.75 Å². The highest BCUT2D eigenvalue weighted by atomic mass is 32.1. The summed E-state index contributed by atoms with van der Waals surface area (Å²) in [6.45, 7) is 4.34. The lowest BCUT2D eigenvalue weighted by atomic mass is 9.54. The lowest BCUT2D eigenvalue weighted by Gasteiger charge is -2.50. The summed E-state index contributed by atoms with van der Waals surface area (Å²) in [5, 5.41) is 18.3. The highest BCUT2D eigenvalue weighted by molar-refractivity contribution is 7.15. The van der Waals surface area contributed by atoms with Crippen LogP contribution in [-0.2, 0) is 16.1 Å². The van der Waals surface area contributed by atoms with Crippen molar-refractivity contribution in [2.24, 2.45) is 28.3 Å². The number of benzene rings is 1. The fraction of sp³-hybridized carbons (Fsp3) is 0.577. The first-order chi connectivity index (χ1) is 16.3. The van der Waals surface area contributed by atoms with Crippen LogP contribution in [0.2, 0.25) is 0 Å². The standard InChI is InChI=1S/C26H34N4O3S/c1-14-13-28-25(34-14)29-22(32)9-4-15-12-21(30-33-3)26(2)11-10-17-16-7-8-20(31)24(27)19(16)6-5-18(17)23(15)26/h7-8,13,15,17-18,23,31H,4-6,9-12,27H2,1-3H3,(H,28,29,32)/b30-21+. The number of aromatic hydroxyl groups is 1. The van der Waals surface area contributed by atoms with E-state index in [0.717, 1.165) is 54.7 Å². The summed E-state index contributed by atoms with van der Waals surface area (Å²) in [6, 6.07) is 3.83. The molecular weight excluding hydrogens is 448 g/mol. The topological polar surface area (TPSA) is 110 Å². The van der Waals surface area contributed by atoms with Crippen LogP contribution >= 0.6 is 11.3 Å². The van der Waals surface area contributed by atoms with Crippen LogP contribution in [0.1, 0.15) is 67.4 Å². The van der Waals surface area contributed by atoms with Crippen LogP contribution in [0.4, 0.5) is 10.8 Å². The Labute approximate surface area is 204 Å². The molecule has 0 saturated heterocycles. The Morgan fingerprint density at radius 3 is 2.97 bits per heavy atom. The second-order valence-corrected chi connectivity index (χ2v) is 11.6. The summed E-state index contributed by atoms with van der Waals surface area (Å²) in [5.41, 5.74) is 10.4. The van der Waals surface area contributed by atoms with Gasteiger partial charge < -0.3 is 21.0 Å². The van der Waals surface area contributed by atoms with Crippen LogP contribution in [0.15, 0.2) is 23.5 Å². The zero-order valence-electron chi connectivity index (χ0n) is 20.1. The zero-order chi connectivity index (χ0) is 24.0. The maximum atomic E-state index is 12.7. The number of oxime groups is 1. The molecule has 1 aromatic heterocycles. The average Bonchev–Trinajstić information content (AvgIpc) is 3.34. The van der Waals surface area contributed by atoms with Gasteiger partial charge in [0.2, 0.25) is 5.91 Å². The number of rotatable bonds is 5. The van der Waals surface area contributed by atoms with E-state index in [4.69, 9.17) is 10.6 Å². The minimum atomic E-state index is -0.00922. The molecular formula is C26H34N4O3S. The quantitative estimate of drug-likeness (QED) is 0.307. The van der Waals surface area contributed by atoms with Crippen molar-refractivity contribution in [1.82, 2.24) is 4.98 Å². The first kappa shape index (κ1) is 23.1. The van der Waals surface area contributed by atoms with Gasteiger partial charge in [-0.2, -0.15) is 0 Å². The van der Waals surface area contributed by atoms with Crippen LogP contribution in [-0.4, -0.2) is 28.8 Å². The predicted molar refractivity (Wildman–Crippen MR) is 135 cm³/mol. The molecule has 3 aliphatic carbocycles. The molecule has 1 heterocycles. The second kappa shape index (κ2) is 8.87. The number of fused-ring (bicyclic) bond motifs is 5. The maximum Gasteiger partial charge on any atom is 0.226 e. The van der Waals surface area contributed by atoms with Gasteiger partial charge in [-0.15, -0.1) is 11.3 Å². The molecule has 1 aromatic carbocycles. The molecule has 182 valence electrons. The molecule has 5 unspecified atom stereocenters. The van der Waals surface area contributed by atoms with Crippen LogP contribution in [0, 0.1) is 30.1 Å². The number of nitrogens with one attached hydrogen (secondary N) is 1.